The Hall–Kier alpha value is -0.450. The minimum atomic E-state index is 0.628. The number of pyridine rings is 2. The average molecular weight is 276 g/mol. The van der Waals surface area contributed by atoms with Gasteiger partial charge in [-0.1, -0.05) is 23.8 Å². The van der Waals surface area contributed by atoms with E-state index in [1.54, 1.807) is 18.5 Å². The predicted molar refractivity (Wildman–Crippen MR) is 59.6 cm³/mol. The van der Waals surface area contributed by atoms with Crippen molar-refractivity contribution in [1.29, 1.82) is 0 Å². The first-order valence-electron chi connectivity index (χ1n) is 3.51. The predicted octanol–water partition coefficient (Wildman–Crippen LogP) is 3.71. The second-order valence-electron chi connectivity index (χ2n) is 2.48. The molecule has 2 heterocycles. The molecule has 2 aromatic heterocycles. The van der Waals surface area contributed by atoms with Crippen molar-refractivity contribution in [3.8, 4) is 0 Å². The highest BCUT2D eigenvalue weighted by Crippen LogP contribution is 2.23. The molecule has 0 saturated carbocycles. The molecule has 2 rings (SSSR count). The Bertz CT molecular complexity index is 523. The summed E-state index contributed by atoms with van der Waals surface area (Å²) in [4.78, 5) is 7.17. The molecule has 2 nitrogen and oxygen atoms in total. The quantitative estimate of drug-likeness (QED) is 0.743. The Labute approximate surface area is 93.1 Å². The number of hydrogen-bond acceptors (Lipinski definition) is 2. The maximum atomic E-state index is 5.95. The Balaban J connectivity index is 3.03. The lowest BCUT2D eigenvalue weighted by atomic mass is 10.3. The van der Waals surface area contributed by atoms with E-state index in [4.69, 9.17) is 23.8 Å². The lowest BCUT2D eigenvalue weighted by molar-refractivity contribution is 1.31. The van der Waals surface area contributed by atoms with E-state index in [9.17, 15) is 0 Å². The molecule has 1 N–H and O–H groups in total. The number of aromatic nitrogens is 2. The third-order valence-electron chi connectivity index (χ3n) is 1.68. The molecule has 0 aliphatic heterocycles. The van der Waals surface area contributed by atoms with Crippen LogP contribution in [0.15, 0.2) is 22.9 Å². The van der Waals surface area contributed by atoms with Crippen molar-refractivity contribution in [3.63, 3.8) is 0 Å². The minimum Gasteiger partial charge on any atom is -0.358 e. The summed E-state index contributed by atoms with van der Waals surface area (Å²) >= 11 is 14.4. The number of nitrogens with zero attached hydrogens (tertiary/aromatic N) is 1. The zero-order valence-corrected chi connectivity index (χ0v) is 9.50. The van der Waals surface area contributed by atoms with Crippen LogP contribution in [0.2, 0.25) is 5.02 Å². The van der Waals surface area contributed by atoms with Gasteiger partial charge in [-0.3, -0.25) is 4.98 Å². The van der Waals surface area contributed by atoms with Crippen LogP contribution in [-0.2, 0) is 0 Å². The van der Waals surface area contributed by atoms with Gasteiger partial charge in [-0.15, -0.1) is 0 Å². The third kappa shape index (κ3) is 1.49. The largest absolute Gasteiger partial charge is 0.358 e. The van der Waals surface area contributed by atoms with Gasteiger partial charge in [0, 0.05) is 12.4 Å². The molecule has 0 unspecified atom stereocenters. The molecule has 0 aliphatic rings. The van der Waals surface area contributed by atoms with Crippen molar-refractivity contribution >= 4 is 50.8 Å². The minimum absolute atomic E-state index is 0.628. The van der Waals surface area contributed by atoms with Gasteiger partial charge in [-0.05, 0) is 22.0 Å². The van der Waals surface area contributed by atoms with Crippen molar-refractivity contribution in [2.75, 3.05) is 0 Å². The zero-order valence-electron chi connectivity index (χ0n) is 6.34. The normalized spacial score (nSPS) is 10.6. The van der Waals surface area contributed by atoms with Crippen LogP contribution in [0.4, 0.5) is 0 Å². The highest BCUT2D eigenvalue weighted by atomic mass is 79.9. The van der Waals surface area contributed by atoms with Crippen LogP contribution in [0.3, 0.4) is 0 Å². The molecule has 0 aliphatic carbocycles. The molecule has 0 aromatic carbocycles. The van der Waals surface area contributed by atoms with Crippen molar-refractivity contribution < 1.29 is 0 Å². The number of nitrogens with one attached hydrogen (secondary N) is 1. The lowest BCUT2D eigenvalue weighted by Crippen LogP contribution is -1.85. The first-order valence-corrected chi connectivity index (χ1v) is 5.09. The number of aromatic amines is 1. The van der Waals surface area contributed by atoms with Gasteiger partial charge in [-0.2, -0.15) is 0 Å². The summed E-state index contributed by atoms with van der Waals surface area (Å²) in [7, 11) is 0. The smallest absolute Gasteiger partial charge is 0.107 e. The van der Waals surface area contributed by atoms with Crippen LogP contribution in [0.5, 0.6) is 0 Å². The fourth-order valence-corrected chi connectivity index (χ4v) is 1.78. The van der Waals surface area contributed by atoms with Crippen LogP contribution < -0.4 is 0 Å². The number of rotatable bonds is 0. The summed E-state index contributed by atoms with van der Waals surface area (Å²) in [6.45, 7) is 0. The number of hydrogen-bond donors (Lipinski definition) is 1. The Morgan fingerprint density at radius 3 is 3.08 bits per heavy atom. The van der Waals surface area contributed by atoms with Gasteiger partial charge in [0.25, 0.3) is 0 Å². The van der Waals surface area contributed by atoms with E-state index in [0.29, 0.717) is 9.53 Å². The second kappa shape index (κ2) is 3.36. The summed E-state index contributed by atoms with van der Waals surface area (Å²) < 4.78 is 1.50. The summed E-state index contributed by atoms with van der Waals surface area (Å²) in [6.07, 6.45) is 3.40. The lowest BCUT2D eigenvalue weighted by Gasteiger charge is -2.00. The zero-order chi connectivity index (χ0) is 9.42. The Morgan fingerprint density at radius 1 is 1.54 bits per heavy atom. The SMILES string of the molecule is S=c1c(Br)c[nH]c2c(Cl)ccnc12. The molecule has 0 fully saturated rings. The third-order valence-corrected chi connectivity index (χ3v) is 3.29. The molecule has 66 valence electrons. The molecule has 5 heteroatoms. The van der Waals surface area contributed by atoms with E-state index >= 15 is 0 Å². The van der Waals surface area contributed by atoms with Crippen molar-refractivity contribution in [2.45, 2.75) is 0 Å². The second-order valence-corrected chi connectivity index (χ2v) is 4.15. The van der Waals surface area contributed by atoms with Crippen molar-refractivity contribution in [3.05, 3.63) is 32.5 Å². The van der Waals surface area contributed by atoms with Gasteiger partial charge >= 0.3 is 0 Å². The highest BCUT2D eigenvalue weighted by Gasteiger charge is 2.02. The van der Waals surface area contributed by atoms with Crippen LogP contribution >= 0.6 is 39.7 Å². The summed E-state index contributed by atoms with van der Waals surface area (Å²) in [5.74, 6) is 0. The summed E-state index contributed by atoms with van der Waals surface area (Å²) in [5.41, 5.74) is 1.49. The molecule has 0 saturated heterocycles. The Kier molecular flexibility index (Phi) is 2.36. The highest BCUT2D eigenvalue weighted by molar-refractivity contribution is 9.10. The maximum absolute atomic E-state index is 5.95. The molecule has 0 radical (unpaired) electrons. The van der Waals surface area contributed by atoms with Crippen molar-refractivity contribution in [1.82, 2.24) is 9.97 Å². The van der Waals surface area contributed by atoms with E-state index in [0.717, 1.165) is 15.5 Å². The fraction of sp³-hybridized carbons (Fsp3) is 0. The molecule has 0 bridgehead atoms. The van der Waals surface area contributed by atoms with E-state index < -0.39 is 0 Å². The van der Waals surface area contributed by atoms with E-state index in [-0.39, 0.29) is 0 Å². The van der Waals surface area contributed by atoms with Crippen LogP contribution in [0, 0.1) is 4.51 Å². The molecular weight excluding hydrogens is 272 g/mol. The number of halogens is 2. The van der Waals surface area contributed by atoms with Crippen LogP contribution in [-0.4, -0.2) is 9.97 Å². The summed E-state index contributed by atoms with van der Waals surface area (Å²) in [5, 5.41) is 0.628. The van der Waals surface area contributed by atoms with Gasteiger partial charge in [0.15, 0.2) is 0 Å². The van der Waals surface area contributed by atoms with E-state index in [1.165, 1.54) is 0 Å². The first kappa shape index (κ1) is 9.12. The van der Waals surface area contributed by atoms with Gasteiger partial charge in [0.05, 0.1) is 19.5 Å². The van der Waals surface area contributed by atoms with E-state index in [1.807, 2.05) is 0 Å². The van der Waals surface area contributed by atoms with Crippen LogP contribution in [0.25, 0.3) is 11.0 Å². The van der Waals surface area contributed by atoms with Crippen molar-refractivity contribution in [2.24, 2.45) is 0 Å². The monoisotopic (exact) mass is 274 g/mol. The molecular formula is C8H4BrClN2S. The van der Waals surface area contributed by atoms with Gasteiger partial charge < -0.3 is 4.98 Å². The molecule has 0 atom stereocenters. The molecule has 0 spiro atoms. The van der Waals surface area contributed by atoms with E-state index in [2.05, 4.69) is 25.9 Å². The first-order chi connectivity index (χ1) is 6.20. The molecule has 2 aromatic rings. The van der Waals surface area contributed by atoms with Gasteiger partial charge in [-0.25, -0.2) is 0 Å². The number of H-pyrrole nitrogens is 1. The number of fused-ring (bicyclic) bond motifs is 1. The molecule has 0 amide bonds. The summed E-state index contributed by atoms with van der Waals surface area (Å²) in [6, 6.07) is 1.73. The molecule has 13 heavy (non-hydrogen) atoms. The fourth-order valence-electron chi connectivity index (χ4n) is 1.06. The van der Waals surface area contributed by atoms with Gasteiger partial charge in [0.1, 0.15) is 5.52 Å². The van der Waals surface area contributed by atoms with Gasteiger partial charge in [0.2, 0.25) is 0 Å². The van der Waals surface area contributed by atoms with Crippen LogP contribution in [0.1, 0.15) is 0 Å². The standard InChI is InChI=1S/C8H4BrClN2S/c9-4-3-12-6-5(10)1-2-11-7(6)8(4)13/h1-3H,(H,12,13). The topological polar surface area (TPSA) is 28.7 Å². The Morgan fingerprint density at radius 2 is 2.31 bits per heavy atom. The average Bonchev–Trinajstić information content (AvgIpc) is 2.12. The maximum Gasteiger partial charge on any atom is 0.107 e.